The number of H-pyrrole nitrogens is 2. The van der Waals surface area contributed by atoms with Crippen LogP contribution in [0.1, 0.15) is 30.2 Å². The molecule has 0 spiro atoms. The largest absolute Gasteiger partial charge is 0.302 e. The van der Waals surface area contributed by atoms with E-state index in [9.17, 15) is 19.7 Å². The number of amides is 1. The number of nitro groups is 1. The zero-order chi connectivity index (χ0) is 17.7. The van der Waals surface area contributed by atoms with Gasteiger partial charge in [0.25, 0.3) is 11.2 Å². The highest BCUT2D eigenvalue weighted by Crippen LogP contribution is 2.13. The molecule has 1 heterocycles. The Morgan fingerprint density at radius 2 is 2.12 bits per heavy atom. The molecule has 0 saturated carbocycles. The van der Waals surface area contributed by atoms with Gasteiger partial charge in [-0.2, -0.15) is 5.10 Å². The number of carbonyl (C=O) groups excluding carboxylic acids is 1. The first kappa shape index (κ1) is 17.1. The van der Waals surface area contributed by atoms with Gasteiger partial charge in [0.05, 0.1) is 10.6 Å². The average Bonchev–Trinajstić information content (AvgIpc) is 2.89. The van der Waals surface area contributed by atoms with Crippen molar-refractivity contribution in [1.82, 2.24) is 15.6 Å². The van der Waals surface area contributed by atoms with E-state index in [-0.39, 0.29) is 23.6 Å². The number of rotatable bonds is 6. The number of benzene rings is 1. The molecule has 3 N–H and O–H groups in total. The molecule has 1 aromatic carbocycles. The summed E-state index contributed by atoms with van der Waals surface area (Å²) in [4.78, 5) is 33.6. The molecule has 1 amide bonds. The van der Waals surface area contributed by atoms with Crippen molar-refractivity contribution in [3.8, 4) is 0 Å². The number of non-ortho nitro benzene ring substituents is 1. The summed E-state index contributed by atoms with van der Waals surface area (Å²) in [6.07, 6.45) is 0.398. The molecule has 0 unspecified atom stereocenters. The van der Waals surface area contributed by atoms with Crippen LogP contribution in [0.25, 0.3) is 0 Å². The van der Waals surface area contributed by atoms with E-state index < -0.39 is 4.92 Å². The minimum atomic E-state index is -0.494. The van der Waals surface area contributed by atoms with Crippen molar-refractivity contribution in [3.63, 3.8) is 0 Å². The highest BCUT2D eigenvalue weighted by Gasteiger charge is 2.10. The van der Waals surface area contributed by atoms with E-state index in [1.807, 2.05) is 0 Å². The first-order valence-corrected chi connectivity index (χ1v) is 7.22. The molecular weight excluding hydrogens is 314 g/mol. The van der Waals surface area contributed by atoms with Gasteiger partial charge in [-0.3, -0.25) is 24.8 Å². The molecule has 0 bridgehead atoms. The molecule has 0 aliphatic heterocycles. The second kappa shape index (κ2) is 7.36. The molecule has 0 fully saturated rings. The number of carbonyl (C=O) groups is 1. The Morgan fingerprint density at radius 3 is 2.75 bits per heavy atom. The number of nitrogens with one attached hydrogen (secondary N) is 3. The van der Waals surface area contributed by atoms with E-state index in [1.165, 1.54) is 12.1 Å². The second-order valence-electron chi connectivity index (χ2n) is 5.22. The summed E-state index contributed by atoms with van der Waals surface area (Å²) in [6.45, 7) is 3.39. The summed E-state index contributed by atoms with van der Waals surface area (Å²) in [5, 5.41) is 19.8. The smallest absolute Gasteiger partial charge is 0.270 e. The van der Waals surface area contributed by atoms with Gasteiger partial charge in [-0.1, -0.05) is 12.1 Å². The molecule has 126 valence electrons. The molecular formula is C15H17N5O4. The van der Waals surface area contributed by atoms with Crippen LogP contribution in [0.3, 0.4) is 0 Å². The van der Waals surface area contributed by atoms with Gasteiger partial charge in [-0.05, 0) is 20.3 Å². The van der Waals surface area contributed by atoms with Gasteiger partial charge in [0, 0.05) is 35.4 Å². The first-order chi connectivity index (χ1) is 11.4. The molecule has 0 atom stereocenters. The van der Waals surface area contributed by atoms with Crippen LogP contribution < -0.4 is 11.0 Å². The van der Waals surface area contributed by atoms with Crippen LogP contribution in [0.4, 0.5) is 5.69 Å². The fraction of sp³-hybridized carbons (Fsp3) is 0.267. The average molecular weight is 331 g/mol. The lowest BCUT2D eigenvalue weighted by molar-refractivity contribution is -0.384. The van der Waals surface area contributed by atoms with Crippen molar-refractivity contribution in [3.05, 3.63) is 61.6 Å². The summed E-state index contributed by atoms with van der Waals surface area (Å²) >= 11 is 0. The van der Waals surface area contributed by atoms with E-state index in [4.69, 9.17) is 0 Å². The van der Waals surface area contributed by atoms with E-state index in [0.717, 1.165) is 0 Å². The van der Waals surface area contributed by atoms with Crippen LogP contribution in [0.5, 0.6) is 0 Å². The number of nitrogens with zero attached hydrogens (tertiary/aromatic N) is 2. The maximum atomic E-state index is 11.8. The maximum Gasteiger partial charge on any atom is 0.270 e. The molecule has 0 saturated heterocycles. The fourth-order valence-corrected chi connectivity index (χ4v) is 2.12. The Hall–Kier alpha value is -3.23. The van der Waals surface area contributed by atoms with E-state index in [2.05, 4.69) is 20.7 Å². The molecule has 24 heavy (non-hydrogen) atoms. The van der Waals surface area contributed by atoms with Gasteiger partial charge in [0.2, 0.25) is 5.91 Å². The zero-order valence-corrected chi connectivity index (χ0v) is 13.3. The lowest BCUT2D eigenvalue weighted by Crippen LogP contribution is -2.20. The number of hydrogen-bond donors (Lipinski definition) is 3. The van der Waals surface area contributed by atoms with Crippen molar-refractivity contribution < 1.29 is 9.72 Å². The van der Waals surface area contributed by atoms with Crippen molar-refractivity contribution in [2.45, 2.75) is 26.7 Å². The Labute approximate surface area is 136 Å². The fourth-order valence-electron chi connectivity index (χ4n) is 2.12. The SMILES string of the molecule is CC(=NNC(=O)CCc1c(C)[nH][nH]c1=O)c1cccc([N+](=O)[O-])c1. The molecule has 1 aromatic heterocycles. The van der Waals surface area contributed by atoms with Gasteiger partial charge in [0.1, 0.15) is 0 Å². The zero-order valence-electron chi connectivity index (χ0n) is 13.3. The summed E-state index contributed by atoms with van der Waals surface area (Å²) < 4.78 is 0. The molecule has 2 rings (SSSR count). The molecule has 9 nitrogen and oxygen atoms in total. The number of nitro benzene ring substituents is 1. The lowest BCUT2D eigenvalue weighted by Gasteiger charge is -2.03. The summed E-state index contributed by atoms with van der Waals surface area (Å²) in [7, 11) is 0. The molecule has 0 radical (unpaired) electrons. The molecule has 0 aliphatic rings. The summed E-state index contributed by atoms with van der Waals surface area (Å²) in [5.41, 5.74) is 4.32. The van der Waals surface area contributed by atoms with Gasteiger partial charge < -0.3 is 5.10 Å². The van der Waals surface area contributed by atoms with Gasteiger partial charge in [0.15, 0.2) is 0 Å². The third-order valence-corrected chi connectivity index (χ3v) is 3.52. The Balaban J connectivity index is 1.97. The second-order valence-corrected chi connectivity index (χ2v) is 5.22. The van der Waals surface area contributed by atoms with Crippen LogP contribution in [-0.2, 0) is 11.2 Å². The highest BCUT2D eigenvalue weighted by molar-refractivity contribution is 5.99. The third-order valence-electron chi connectivity index (χ3n) is 3.52. The first-order valence-electron chi connectivity index (χ1n) is 7.22. The minimum absolute atomic E-state index is 0.0458. The number of aromatic nitrogens is 2. The predicted octanol–water partition coefficient (Wildman–Crippen LogP) is 1.39. The molecule has 0 aliphatic carbocycles. The Kier molecular flexibility index (Phi) is 5.25. The molecule has 9 heteroatoms. The van der Waals surface area contributed by atoms with Gasteiger partial charge in [-0.25, -0.2) is 5.43 Å². The maximum absolute atomic E-state index is 11.8. The quantitative estimate of drug-likeness (QED) is 0.419. The third kappa shape index (κ3) is 4.15. The highest BCUT2D eigenvalue weighted by atomic mass is 16.6. The molecule has 2 aromatic rings. The van der Waals surface area contributed by atoms with Gasteiger partial charge >= 0.3 is 0 Å². The van der Waals surface area contributed by atoms with E-state index in [0.29, 0.717) is 29.0 Å². The Bertz CT molecular complexity index is 850. The topological polar surface area (TPSA) is 133 Å². The van der Waals surface area contributed by atoms with Crippen LogP contribution in [0.2, 0.25) is 0 Å². The number of hydrogen-bond acceptors (Lipinski definition) is 5. The van der Waals surface area contributed by atoms with Gasteiger partial charge in [-0.15, -0.1) is 0 Å². The van der Waals surface area contributed by atoms with Crippen molar-refractivity contribution in [2.24, 2.45) is 5.10 Å². The number of aryl methyl sites for hydroxylation is 1. The standard InChI is InChI=1S/C15H17N5O4/c1-9(11-4-3-5-12(8-11)20(23)24)16-18-14(21)7-6-13-10(2)17-19-15(13)22/h3-5,8H,6-7H2,1-2H3,(H,18,21)(H2,17,19,22). The van der Waals surface area contributed by atoms with Crippen molar-refractivity contribution in [2.75, 3.05) is 0 Å². The van der Waals surface area contributed by atoms with Crippen LogP contribution in [-0.4, -0.2) is 26.7 Å². The lowest BCUT2D eigenvalue weighted by atomic mass is 10.1. The summed E-state index contributed by atoms with van der Waals surface area (Å²) in [6, 6.07) is 5.98. The minimum Gasteiger partial charge on any atom is -0.302 e. The van der Waals surface area contributed by atoms with E-state index >= 15 is 0 Å². The van der Waals surface area contributed by atoms with Crippen molar-refractivity contribution in [1.29, 1.82) is 0 Å². The van der Waals surface area contributed by atoms with Crippen LogP contribution >= 0.6 is 0 Å². The number of aromatic amines is 2. The summed E-state index contributed by atoms with van der Waals surface area (Å²) in [5.74, 6) is -0.347. The van der Waals surface area contributed by atoms with Crippen LogP contribution in [0, 0.1) is 17.0 Å². The predicted molar refractivity (Wildman–Crippen MR) is 87.9 cm³/mol. The monoisotopic (exact) mass is 331 g/mol. The normalized spacial score (nSPS) is 11.3. The Morgan fingerprint density at radius 1 is 1.38 bits per heavy atom. The number of hydrazone groups is 1. The van der Waals surface area contributed by atoms with E-state index in [1.54, 1.807) is 26.0 Å². The van der Waals surface area contributed by atoms with Crippen LogP contribution in [0.15, 0.2) is 34.2 Å². The van der Waals surface area contributed by atoms with Crippen molar-refractivity contribution >= 4 is 17.3 Å².